The van der Waals surface area contributed by atoms with Gasteiger partial charge < -0.3 is 5.73 Å². The zero-order chi connectivity index (χ0) is 14.9. The van der Waals surface area contributed by atoms with Crippen LogP contribution in [0.3, 0.4) is 0 Å². The van der Waals surface area contributed by atoms with Gasteiger partial charge in [-0.05, 0) is 43.9 Å². The molecule has 2 rings (SSSR count). The molecule has 1 fully saturated rings. The summed E-state index contributed by atoms with van der Waals surface area (Å²) in [7, 11) is -3.65. The lowest BCUT2D eigenvalue weighted by molar-refractivity contribution is 0.202. The molecule has 20 heavy (non-hydrogen) atoms. The van der Waals surface area contributed by atoms with Crippen molar-refractivity contribution in [3.63, 3.8) is 0 Å². The van der Waals surface area contributed by atoms with Crippen LogP contribution in [0.15, 0.2) is 23.1 Å². The molecular weight excluding hydrogens is 274 g/mol. The molecule has 1 aromatic carbocycles. The third kappa shape index (κ3) is 2.51. The smallest absolute Gasteiger partial charge is 0.244 e. The van der Waals surface area contributed by atoms with Crippen molar-refractivity contribution in [3.8, 4) is 6.07 Å². The van der Waals surface area contributed by atoms with Gasteiger partial charge in [-0.25, -0.2) is 8.42 Å². The summed E-state index contributed by atoms with van der Waals surface area (Å²) in [5, 5.41) is 9.13. The molecule has 1 saturated heterocycles. The molecule has 1 aromatic rings. The SMILES string of the molecule is CC1CCCN(S(=O)(=O)c2ccc(N)cc2C#N)C1C. The number of rotatable bonds is 2. The Hall–Kier alpha value is -1.58. The highest BCUT2D eigenvalue weighted by Gasteiger charge is 2.35. The molecule has 0 radical (unpaired) electrons. The molecule has 108 valence electrons. The maximum absolute atomic E-state index is 12.8. The van der Waals surface area contributed by atoms with Gasteiger partial charge in [0.15, 0.2) is 0 Å². The number of hydrogen-bond acceptors (Lipinski definition) is 4. The van der Waals surface area contributed by atoms with Crippen LogP contribution in [0.4, 0.5) is 5.69 Å². The second-order valence-electron chi connectivity index (χ2n) is 5.34. The Balaban J connectivity index is 2.48. The van der Waals surface area contributed by atoms with Crippen LogP contribution in [-0.4, -0.2) is 25.3 Å². The fourth-order valence-corrected chi connectivity index (χ4v) is 4.51. The first-order valence-corrected chi connectivity index (χ1v) is 8.13. The summed E-state index contributed by atoms with van der Waals surface area (Å²) < 4.78 is 27.0. The average molecular weight is 293 g/mol. The molecule has 0 spiro atoms. The van der Waals surface area contributed by atoms with Crippen molar-refractivity contribution < 1.29 is 8.42 Å². The molecule has 2 N–H and O–H groups in total. The Kier molecular flexibility index (Phi) is 4.02. The largest absolute Gasteiger partial charge is 0.399 e. The Morgan fingerprint density at radius 2 is 2.10 bits per heavy atom. The van der Waals surface area contributed by atoms with Gasteiger partial charge in [0.25, 0.3) is 0 Å². The van der Waals surface area contributed by atoms with Crippen molar-refractivity contribution in [1.29, 1.82) is 5.26 Å². The first-order chi connectivity index (χ1) is 9.37. The van der Waals surface area contributed by atoms with E-state index in [1.54, 1.807) is 0 Å². The van der Waals surface area contributed by atoms with Crippen LogP contribution < -0.4 is 5.73 Å². The van der Waals surface area contributed by atoms with Gasteiger partial charge in [-0.3, -0.25) is 0 Å². The van der Waals surface area contributed by atoms with E-state index in [-0.39, 0.29) is 16.5 Å². The number of piperidine rings is 1. The third-order valence-corrected chi connectivity index (χ3v) is 6.07. The van der Waals surface area contributed by atoms with Crippen molar-refractivity contribution in [1.82, 2.24) is 4.31 Å². The number of nitrogen functional groups attached to an aromatic ring is 1. The first kappa shape index (κ1) is 14.8. The lowest BCUT2D eigenvalue weighted by atomic mass is 9.94. The zero-order valence-corrected chi connectivity index (χ0v) is 12.5. The van der Waals surface area contributed by atoms with Crippen LogP contribution in [0.1, 0.15) is 32.3 Å². The van der Waals surface area contributed by atoms with Crippen molar-refractivity contribution in [2.75, 3.05) is 12.3 Å². The van der Waals surface area contributed by atoms with Crippen LogP contribution in [0.2, 0.25) is 0 Å². The maximum atomic E-state index is 12.8. The lowest BCUT2D eigenvalue weighted by Gasteiger charge is -2.36. The molecule has 6 heteroatoms. The summed E-state index contributed by atoms with van der Waals surface area (Å²) in [4.78, 5) is 0.0511. The number of hydrogen-bond donors (Lipinski definition) is 1. The maximum Gasteiger partial charge on any atom is 0.244 e. The van der Waals surface area contributed by atoms with Crippen LogP contribution in [0.25, 0.3) is 0 Å². The Labute approximate surface area is 120 Å². The number of nitrogens with zero attached hydrogens (tertiary/aromatic N) is 2. The molecule has 1 heterocycles. The van der Waals surface area contributed by atoms with Gasteiger partial charge in [0, 0.05) is 18.3 Å². The van der Waals surface area contributed by atoms with Gasteiger partial charge in [-0.15, -0.1) is 0 Å². The van der Waals surface area contributed by atoms with Crippen LogP contribution >= 0.6 is 0 Å². The predicted molar refractivity (Wildman–Crippen MR) is 77.3 cm³/mol. The van der Waals surface area contributed by atoms with Gasteiger partial charge in [-0.1, -0.05) is 6.92 Å². The van der Waals surface area contributed by atoms with E-state index in [2.05, 4.69) is 6.92 Å². The van der Waals surface area contributed by atoms with E-state index >= 15 is 0 Å². The minimum absolute atomic E-state index is 0.0511. The minimum atomic E-state index is -3.65. The van der Waals surface area contributed by atoms with Gasteiger partial charge >= 0.3 is 0 Å². The second-order valence-corrected chi connectivity index (χ2v) is 7.20. The molecule has 5 nitrogen and oxygen atoms in total. The topological polar surface area (TPSA) is 87.2 Å². The predicted octanol–water partition coefficient (Wildman–Crippen LogP) is 1.95. The quantitative estimate of drug-likeness (QED) is 0.844. The Morgan fingerprint density at radius 3 is 2.75 bits per heavy atom. The lowest BCUT2D eigenvalue weighted by Crippen LogP contribution is -2.46. The summed E-state index contributed by atoms with van der Waals surface area (Å²) in [5.41, 5.74) is 6.11. The molecule has 0 aliphatic carbocycles. The van der Waals surface area contributed by atoms with Crippen molar-refractivity contribution in [2.45, 2.75) is 37.6 Å². The van der Waals surface area contributed by atoms with E-state index < -0.39 is 10.0 Å². The molecule has 0 amide bonds. The van der Waals surface area contributed by atoms with Crippen molar-refractivity contribution in [2.24, 2.45) is 5.92 Å². The molecule has 0 bridgehead atoms. The van der Waals surface area contributed by atoms with Gasteiger partial charge in [0.2, 0.25) is 10.0 Å². The summed E-state index contributed by atoms with van der Waals surface area (Å²) in [6.45, 7) is 4.48. The van der Waals surface area contributed by atoms with E-state index in [9.17, 15) is 8.42 Å². The highest BCUT2D eigenvalue weighted by atomic mass is 32.2. The van der Waals surface area contributed by atoms with Gasteiger partial charge in [0.05, 0.1) is 5.56 Å². The monoisotopic (exact) mass is 293 g/mol. The standard InChI is InChI=1S/C14H19N3O2S/c1-10-4-3-7-17(11(10)2)20(18,19)14-6-5-13(16)8-12(14)9-15/h5-6,8,10-11H,3-4,7,16H2,1-2H3. The number of nitrogens with two attached hydrogens (primary N) is 1. The van der Waals surface area contributed by atoms with E-state index in [1.165, 1.54) is 22.5 Å². The minimum Gasteiger partial charge on any atom is -0.399 e. The number of benzene rings is 1. The first-order valence-electron chi connectivity index (χ1n) is 6.69. The molecule has 1 aliphatic rings. The van der Waals surface area contributed by atoms with Crippen LogP contribution in [0.5, 0.6) is 0 Å². The number of anilines is 1. The summed E-state index contributed by atoms with van der Waals surface area (Å²) in [5.74, 6) is 0.317. The van der Waals surface area contributed by atoms with Gasteiger partial charge in [0.1, 0.15) is 11.0 Å². The fraction of sp³-hybridized carbons (Fsp3) is 0.500. The molecule has 2 atom stereocenters. The molecule has 2 unspecified atom stereocenters. The van der Waals surface area contributed by atoms with Crippen LogP contribution in [-0.2, 0) is 10.0 Å². The molecular formula is C14H19N3O2S. The third-order valence-electron chi connectivity index (χ3n) is 4.03. The van der Waals surface area contributed by atoms with Crippen molar-refractivity contribution >= 4 is 15.7 Å². The van der Waals surface area contributed by atoms with E-state index in [1.807, 2.05) is 13.0 Å². The summed E-state index contributed by atoms with van der Waals surface area (Å²) in [6.07, 6.45) is 1.88. The van der Waals surface area contributed by atoms with E-state index in [0.29, 0.717) is 18.2 Å². The highest BCUT2D eigenvalue weighted by Crippen LogP contribution is 2.30. The number of nitriles is 1. The Morgan fingerprint density at radius 1 is 1.40 bits per heavy atom. The Bertz CT molecular complexity index is 649. The normalized spacial score (nSPS) is 24.2. The molecule has 0 aromatic heterocycles. The average Bonchev–Trinajstić information content (AvgIpc) is 2.41. The molecule has 0 saturated carbocycles. The fourth-order valence-electron chi connectivity index (χ4n) is 2.62. The molecule has 1 aliphatic heterocycles. The second kappa shape index (κ2) is 5.43. The van der Waals surface area contributed by atoms with E-state index in [0.717, 1.165) is 12.8 Å². The van der Waals surface area contributed by atoms with Crippen molar-refractivity contribution in [3.05, 3.63) is 23.8 Å². The zero-order valence-electron chi connectivity index (χ0n) is 11.7. The van der Waals surface area contributed by atoms with E-state index in [4.69, 9.17) is 11.0 Å². The van der Waals surface area contributed by atoms with Gasteiger partial charge in [-0.2, -0.15) is 9.57 Å². The summed E-state index contributed by atoms with van der Waals surface area (Å²) >= 11 is 0. The van der Waals surface area contributed by atoms with Crippen LogP contribution in [0, 0.1) is 17.2 Å². The number of sulfonamides is 1. The highest BCUT2D eigenvalue weighted by molar-refractivity contribution is 7.89. The summed E-state index contributed by atoms with van der Waals surface area (Å²) in [6, 6.07) is 6.22.